The number of hydrogen-bond acceptors (Lipinski definition) is 5. The highest BCUT2D eigenvalue weighted by molar-refractivity contribution is 5.72. The number of fused-ring (bicyclic) bond motifs is 1. The molecule has 3 aromatic heterocycles. The fourth-order valence-corrected chi connectivity index (χ4v) is 2.85. The van der Waals surface area contributed by atoms with Crippen molar-refractivity contribution in [1.82, 2.24) is 19.5 Å². The molecule has 0 aliphatic heterocycles. The lowest BCUT2D eigenvalue weighted by Crippen LogP contribution is -2.21. The van der Waals surface area contributed by atoms with Crippen LogP contribution < -0.4 is 10.3 Å². The summed E-state index contributed by atoms with van der Waals surface area (Å²) in [6.45, 7) is 0.425. The first-order valence-corrected chi connectivity index (χ1v) is 8.14. The van der Waals surface area contributed by atoms with Crippen LogP contribution in [0.1, 0.15) is 5.56 Å². The lowest BCUT2D eigenvalue weighted by Gasteiger charge is -2.09. The molecule has 128 valence electrons. The summed E-state index contributed by atoms with van der Waals surface area (Å²) in [5.41, 5.74) is 3.87. The molecular weight excluding hydrogens is 328 g/mol. The van der Waals surface area contributed by atoms with Crippen LogP contribution in [-0.4, -0.2) is 26.6 Å². The molecule has 0 saturated carbocycles. The zero-order valence-corrected chi connectivity index (χ0v) is 14.2. The standard InChI is InChI=1S/C20H16N4O2/c1-26-18-11-16(7-9-21-18)15-5-2-4-14(10-15)12-24-13-23-17-6-3-8-22-19(17)20(24)25/h2-11,13H,12H2,1H3. The highest BCUT2D eigenvalue weighted by Gasteiger charge is 2.07. The zero-order valence-electron chi connectivity index (χ0n) is 14.2. The molecule has 0 aliphatic rings. The molecule has 0 spiro atoms. The number of pyridine rings is 2. The van der Waals surface area contributed by atoms with Crippen LogP contribution in [0.4, 0.5) is 0 Å². The van der Waals surface area contributed by atoms with Gasteiger partial charge in [-0.2, -0.15) is 0 Å². The van der Waals surface area contributed by atoms with Crippen LogP contribution >= 0.6 is 0 Å². The third-order valence-electron chi connectivity index (χ3n) is 4.14. The quantitative estimate of drug-likeness (QED) is 0.569. The van der Waals surface area contributed by atoms with Gasteiger partial charge in [0.25, 0.3) is 5.56 Å². The lowest BCUT2D eigenvalue weighted by molar-refractivity contribution is 0.398. The SMILES string of the molecule is COc1cc(-c2cccc(Cn3cnc4cccnc4c3=O)c2)ccn1. The Hall–Kier alpha value is -3.54. The van der Waals surface area contributed by atoms with E-state index >= 15 is 0 Å². The van der Waals surface area contributed by atoms with Gasteiger partial charge in [0, 0.05) is 18.5 Å². The minimum atomic E-state index is -0.147. The Labute approximate surface area is 149 Å². The van der Waals surface area contributed by atoms with Crippen LogP contribution in [0.3, 0.4) is 0 Å². The maximum Gasteiger partial charge on any atom is 0.280 e. The third-order valence-corrected chi connectivity index (χ3v) is 4.14. The number of aromatic nitrogens is 4. The van der Waals surface area contributed by atoms with Crippen molar-refractivity contribution in [2.24, 2.45) is 0 Å². The van der Waals surface area contributed by atoms with E-state index < -0.39 is 0 Å². The van der Waals surface area contributed by atoms with Crippen LogP contribution in [0.25, 0.3) is 22.2 Å². The number of rotatable bonds is 4. The van der Waals surface area contributed by atoms with E-state index in [0.717, 1.165) is 16.7 Å². The average molecular weight is 344 g/mol. The van der Waals surface area contributed by atoms with E-state index in [-0.39, 0.29) is 5.56 Å². The largest absolute Gasteiger partial charge is 0.481 e. The first kappa shape index (κ1) is 16.0. The predicted octanol–water partition coefficient (Wildman–Crippen LogP) is 2.91. The van der Waals surface area contributed by atoms with Crippen LogP contribution in [0.5, 0.6) is 5.88 Å². The summed E-state index contributed by atoms with van der Waals surface area (Å²) in [6.07, 6.45) is 4.88. The molecule has 6 heteroatoms. The molecule has 0 bridgehead atoms. The van der Waals surface area contributed by atoms with E-state index in [4.69, 9.17) is 4.74 Å². The number of hydrogen-bond donors (Lipinski definition) is 0. The van der Waals surface area contributed by atoms with Crippen LogP contribution in [0.15, 0.2) is 72.0 Å². The van der Waals surface area contributed by atoms with Crippen molar-refractivity contribution in [3.05, 3.63) is 83.2 Å². The maximum absolute atomic E-state index is 12.6. The van der Waals surface area contributed by atoms with E-state index in [0.29, 0.717) is 23.5 Å². The molecule has 0 fully saturated rings. The first-order chi connectivity index (χ1) is 12.7. The van der Waals surface area contributed by atoms with Gasteiger partial charge in [-0.3, -0.25) is 9.36 Å². The summed E-state index contributed by atoms with van der Waals surface area (Å²) in [5, 5.41) is 0. The fraction of sp³-hybridized carbons (Fsp3) is 0.100. The Kier molecular flexibility index (Phi) is 4.15. The van der Waals surface area contributed by atoms with Crippen molar-refractivity contribution in [3.63, 3.8) is 0 Å². The Morgan fingerprint density at radius 3 is 2.73 bits per heavy atom. The molecule has 0 saturated heterocycles. The summed E-state index contributed by atoms with van der Waals surface area (Å²) < 4.78 is 6.76. The van der Waals surface area contributed by atoms with Crippen molar-refractivity contribution in [2.75, 3.05) is 7.11 Å². The first-order valence-electron chi connectivity index (χ1n) is 8.14. The van der Waals surface area contributed by atoms with Gasteiger partial charge < -0.3 is 4.74 Å². The highest BCUT2D eigenvalue weighted by atomic mass is 16.5. The van der Waals surface area contributed by atoms with Crippen molar-refractivity contribution < 1.29 is 4.74 Å². The molecule has 0 unspecified atom stereocenters. The van der Waals surface area contributed by atoms with Crippen molar-refractivity contribution >= 4 is 11.0 Å². The molecule has 3 heterocycles. The Morgan fingerprint density at radius 1 is 0.962 bits per heavy atom. The monoisotopic (exact) mass is 344 g/mol. The molecule has 0 N–H and O–H groups in total. The van der Waals surface area contributed by atoms with E-state index in [1.165, 1.54) is 0 Å². The summed E-state index contributed by atoms with van der Waals surface area (Å²) in [5.74, 6) is 0.564. The lowest BCUT2D eigenvalue weighted by atomic mass is 10.0. The minimum absolute atomic E-state index is 0.147. The Bertz CT molecular complexity index is 1140. The van der Waals surface area contributed by atoms with Crippen molar-refractivity contribution in [3.8, 4) is 17.0 Å². The second-order valence-corrected chi connectivity index (χ2v) is 5.84. The Balaban J connectivity index is 1.69. The normalized spacial score (nSPS) is 10.8. The number of methoxy groups -OCH3 is 1. The molecule has 0 radical (unpaired) electrons. The topological polar surface area (TPSA) is 69.9 Å². The third kappa shape index (κ3) is 3.04. The van der Waals surface area contributed by atoms with Gasteiger partial charge in [-0.05, 0) is 41.0 Å². The van der Waals surface area contributed by atoms with Crippen LogP contribution in [-0.2, 0) is 6.54 Å². The second-order valence-electron chi connectivity index (χ2n) is 5.84. The van der Waals surface area contributed by atoms with Crippen LogP contribution in [0.2, 0.25) is 0 Å². The summed E-state index contributed by atoms with van der Waals surface area (Å²) in [4.78, 5) is 25.2. The van der Waals surface area contributed by atoms with Gasteiger partial charge in [0.15, 0.2) is 5.52 Å². The molecule has 1 aromatic carbocycles. The molecule has 4 rings (SSSR count). The molecule has 0 amide bonds. The molecule has 0 aliphatic carbocycles. The van der Waals surface area contributed by atoms with Gasteiger partial charge in [0.1, 0.15) is 0 Å². The summed E-state index contributed by atoms with van der Waals surface area (Å²) in [6, 6.07) is 15.4. The molecular formula is C20H16N4O2. The highest BCUT2D eigenvalue weighted by Crippen LogP contribution is 2.23. The van der Waals surface area contributed by atoms with Crippen molar-refractivity contribution in [2.45, 2.75) is 6.54 Å². The number of nitrogens with zero attached hydrogens (tertiary/aromatic N) is 4. The van der Waals surface area contributed by atoms with E-state index in [9.17, 15) is 4.79 Å². The van der Waals surface area contributed by atoms with Crippen LogP contribution in [0, 0.1) is 0 Å². The van der Waals surface area contributed by atoms with Crippen molar-refractivity contribution in [1.29, 1.82) is 0 Å². The van der Waals surface area contributed by atoms with Gasteiger partial charge in [-0.1, -0.05) is 18.2 Å². The second kappa shape index (κ2) is 6.76. The van der Waals surface area contributed by atoms with Gasteiger partial charge in [-0.25, -0.2) is 15.0 Å². The summed E-state index contributed by atoms with van der Waals surface area (Å²) in [7, 11) is 1.59. The average Bonchev–Trinajstić information content (AvgIpc) is 2.70. The predicted molar refractivity (Wildman–Crippen MR) is 99.1 cm³/mol. The van der Waals surface area contributed by atoms with Gasteiger partial charge in [0.2, 0.25) is 5.88 Å². The molecule has 0 atom stereocenters. The molecule has 4 aromatic rings. The molecule has 26 heavy (non-hydrogen) atoms. The number of ether oxygens (including phenoxy) is 1. The van der Waals surface area contributed by atoms with Gasteiger partial charge in [-0.15, -0.1) is 0 Å². The fourth-order valence-electron chi connectivity index (χ4n) is 2.85. The number of benzene rings is 1. The maximum atomic E-state index is 12.6. The van der Waals surface area contributed by atoms with E-state index in [1.54, 1.807) is 42.5 Å². The van der Waals surface area contributed by atoms with Gasteiger partial charge in [0.05, 0.1) is 25.5 Å². The Morgan fingerprint density at radius 2 is 1.85 bits per heavy atom. The smallest absolute Gasteiger partial charge is 0.280 e. The van der Waals surface area contributed by atoms with E-state index in [2.05, 4.69) is 15.0 Å². The molecule has 6 nitrogen and oxygen atoms in total. The van der Waals surface area contributed by atoms with Gasteiger partial charge >= 0.3 is 0 Å². The van der Waals surface area contributed by atoms with E-state index in [1.807, 2.05) is 36.4 Å². The minimum Gasteiger partial charge on any atom is -0.481 e. The summed E-state index contributed by atoms with van der Waals surface area (Å²) >= 11 is 0. The zero-order chi connectivity index (χ0) is 17.9.